The van der Waals surface area contributed by atoms with Crippen molar-refractivity contribution in [1.29, 1.82) is 0 Å². The molecule has 1 aliphatic heterocycles. The minimum atomic E-state index is -0.266. The standard InChI is InChI=1S/C17H16N2O3S/c1-22-11-10-19-16(20)15(23-17(19)21)12-14-8-5-9-18(14)13-6-3-2-4-7-13/h2-9,12H,10-11H2,1H3/b15-12+. The van der Waals surface area contributed by atoms with Gasteiger partial charge in [-0.05, 0) is 42.1 Å². The van der Waals surface area contributed by atoms with Gasteiger partial charge in [-0.3, -0.25) is 14.5 Å². The molecule has 0 N–H and O–H groups in total. The van der Waals surface area contributed by atoms with Crippen molar-refractivity contribution in [3.05, 3.63) is 59.3 Å². The molecule has 0 bridgehead atoms. The fourth-order valence-corrected chi connectivity index (χ4v) is 3.19. The highest BCUT2D eigenvalue weighted by Gasteiger charge is 2.34. The van der Waals surface area contributed by atoms with E-state index in [1.165, 1.54) is 4.90 Å². The van der Waals surface area contributed by atoms with Crippen LogP contribution in [-0.2, 0) is 9.53 Å². The molecule has 2 aromatic rings. The molecule has 1 aromatic carbocycles. The van der Waals surface area contributed by atoms with Crippen LogP contribution in [0.5, 0.6) is 0 Å². The lowest BCUT2D eigenvalue weighted by molar-refractivity contribution is -0.123. The summed E-state index contributed by atoms with van der Waals surface area (Å²) in [6.45, 7) is 0.615. The van der Waals surface area contributed by atoms with E-state index in [2.05, 4.69) is 0 Å². The SMILES string of the molecule is COCCN1C(=O)S/C(=C/c2cccn2-c2ccccc2)C1=O. The molecular formula is C17H16N2O3S. The van der Waals surface area contributed by atoms with Gasteiger partial charge in [-0.15, -0.1) is 0 Å². The lowest BCUT2D eigenvalue weighted by Gasteiger charge is -2.10. The summed E-state index contributed by atoms with van der Waals surface area (Å²) in [6, 6.07) is 13.7. The zero-order valence-corrected chi connectivity index (χ0v) is 13.5. The Morgan fingerprint density at radius 3 is 2.65 bits per heavy atom. The van der Waals surface area contributed by atoms with Crippen LogP contribution >= 0.6 is 11.8 Å². The first-order chi connectivity index (χ1) is 11.2. The molecule has 6 heteroatoms. The fourth-order valence-electron chi connectivity index (χ4n) is 2.35. The number of hydrogen-bond donors (Lipinski definition) is 0. The number of nitrogens with zero attached hydrogens (tertiary/aromatic N) is 2. The van der Waals surface area contributed by atoms with E-state index in [0.29, 0.717) is 11.5 Å². The first kappa shape index (κ1) is 15.6. The Kier molecular flexibility index (Phi) is 4.64. The highest BCUT2D eigenvalue weighted by molar-refractivity contribution is 8.18. The summed E-state index contributed by atoms with van der Waals surface area (Å²) in [6.07, 6.45) is 3.68. The molecule has 5 nitrogen and oxygen atoms in total. The summed E-state index contributed by atoms with van der Waals surface area (Å²) in [7, 11) is 1.54. The monoisotopic (exact) mass is 328 g/mol. The molecule has 0 spiro atoms. The number of carbonyl (C=O) groups excluding carboxylic acids is 2. The van der Waals surface area contributed by atoms with Gasteiger partial charge in [0.1, 0.15) is 0 Å². The Labute approximate surface area is 138 Å². The second-order valence-corrected chi connectivity index (χ2v) is 5.96. The number of amides is 2. The third-order valence-electron chi connectivity index (χ3n) is 3.49. The third-order valence-corrected chi connectivity index (χ3v) is 4.39. The zero-order valence-electron chi connectivity index (χ0n) is 12.6. The van der Waals surface area contributed by atoms with E-state index in [-0.39, 0.29) is 17.7 Å². The van der Waals surface area contributed by atoms with Crippen molar-refractivity contribution in [2.24, 2.45) is 0 Å². The third kappa shape index (κ3) is 3.23. The van der Waals surface area contributed by atoms with Gasteiger partial charge in [0.25, 0.3) is 11.1 Å². The van der Waals surface area contributed by atoms with E-state index < -0.39 is 0 Å². The molecule has 0 aliphatic carbocycles. The molecule has 0 unspecified atom stereocenters. The van der Waals surface area contributed by atoms with Crippen LogP contribution in [0.2, 0.25) is 0 Å². The van der Waals surface area contributed by atoms with E-state index in [0.717, 1.165) is 23.1 Å². The van der Waals surface area contributed by atoms with Crippen LogP contribution in [0.15, 0.2) is 53.6 Å². The normalized spacial score (nSPS) is 16.6. The van der Waals surface area contributed by atoms with Crippen LogP contribution in [0.3, 0.4) is 0 Å². The number of carbonyl (C=O) groups is 2. The van der Waals surface area contributed by atoms with E-state index in [9.17, 15) is 9.59 Å². The van der Waals surface area contributed by atoms with Crippen LogP contribution in [-0.4, -0.2) is 40.9 Å². The van der Waals surface area contributed by atoms with Crippen LogP contribution in [0.25, 0.3) is 11.8 Å². The second-order valence-electron chi connectivity index (χ2n) is 4.96. The smallest absolute Gasteiger partial charge is 0.293 e. The molecule has 23 heavy (non-hydrogen) atoms. The van der Waals surface area contributed by atoms with Gasteiger partial charge in [0.15, 0.2) is 0 Å². The molecule has 0 saturated carbocycles. The van der Waals surface area contributed by atoms with Crippen LogP contribution in [0.4, 0.5) is 4.79 Å². The predicted molar refractivity (Wildman–Crippen MR) is 90.3 cm³/mol. The Balaban J connectivity index is 1.88. The minimum Gasteiger partial charge on any atom is -0.383 e. The zero-order chi connectivity index (χ0) is 16.2. The van der Waals surface area contributed by atoms with Crippen LogP contribution in [0.1, 0.15) is 5.69 Å². The average Bonchev–Trinajstić information content (AvgIpc) is 3.13. The maximum Gasteiger partial charge on any atom is 0.293 e. The first-order valence-corrected chi connectivity index (χ1v) is 7.99. The summed E-state index contributed by atoms with van der Waals surface area (Å²) >= 11 is 0.964. The second kappa shape index (κ2) is 6.85. The summed E-state index contributed by atoms with van der Waals surface area (Å²) in [5.41, 5.74) is 1.86. The van der Waals surface area contributed by atoms with Gasteiger partial charge >= 0.3 is 0 Å². The Bertz CT molecular complexity index is 752. The number of imide groups is 1. The number of rotatable bonds is 5. The molecule has 2 amide bonds. The van der Waals surface area contributed by atoms with Crippen molar-refractivity contribution < 1.29 is 14.3 Å². The van der Waals surface area contributed by atoms with Gasteiger partial charge in [0.2, 0.25) is 0 Å². The number of aromatic nitrogens is 1. The molecule has 1 saturated heterocycles. The lowest BCUT2D eigenvalue weighted by Crippen LogP contribution is -2.31. The fraction of sp³-hybridized carbons (Fsp3) is 0.176. The van der Waals surface area contributed by atoms with Crippen molar-refractivity contribution in [2.75, 3.05) is 20.3 Å². The topological polar surface area (TPSA) is 51.5 Å². The van der Waals surface area contributed by atoms with Crippen LogP contribution in [0, 0.1) is 0 Å². The van der Waals surface area contributed by atoms with Crippen molar-refractivity contribution in [3.8, 4) is 5.69 Å². The number of thioether (sulfide) groups is 1. The summed E-state index contributed by atoms with van der Waals surface area (Å²) < 4.78 is 6.91. The number of para-hydroxylation sites is 1. The highest BCUT2D eigenvalue weighted by Crippen LogP contribution is 2.32. The number of ether oxygens (including phenoxy) is 1. The van der Waals surface area contributed by atoms with Crippen molar-refractivity contribution in [1.82, 2.24) is 9.47 Å². The molecular weight excluding hydrogens is 312 g/mol. The minimum absolute atomic E-state index is 0.254. The molecule has 0 radical (unpaired) electrons. The Hall–Kier alpha value is -2.31. The largest absolute Gasteiger partial charge is 0.383 e. The molecule has 1 aromatic heterocycles. The van der Waals surface area contributed by atoms with E-state index in [4.69, 9.17) is 4.74 Å². The van der Waals surface area contributed by atoms with Crippen molar-refractivity contribution >= 4 is 29.0 Å². The van der Waals surface area contributed by atoms with E-state index in [1.54, 1.807) is 13.2 Å². The lowest BCUT2D eigenvalue weighted by atomic mass is 10.3. The Morgan fingerprint density at radius 1 is 1.13 bits per heavy atom. The van der Waals surface area contributed by atoms with Gasteiger partial charge in [-0.25, -0.2) is 0 Å². The molecule has 0 atom stereocenters. The van der Waals surface area contributed by atoms with E-state index in [1.807, 2.05) is 53.2 Å². The van der Waals surface area contributed by atoms with Crippen molar-refractivity contribution in [2.45, 2.75) is 0 Å². The average molecular weight is 328 g/mol. The molecule has 3 rings (SSSR count). The van der Waals surface area contributed by atoms with Gasteiger partial charge in [-0.2, -0.15) is 0 Å². The highest BCUT2D eigenvalue weighted by atomic mass is 32.2. The van der Waals surface area contributed by atoms with Gasteiger partial charge in [0, 0.05) is 24.7 Å². The van der Waals surface area contributed by atoms with Crippen LogP contribution < -0.4 is 0 Å². The number of hydrogen-bond acceptors (Lipinski definition) is 4. The molecule has 118 valence electrons. The summed E-state index contributed by atoms with van der Waals surface area (Å²) in [5, 5.41) is -0.254. The molecule has 2 heterocycles. The summed E-state index contributed by atoms with van der Waals surface area (Å²) in [5.74, 6) is -0.266. The molecule has 1 fully saturated rings. The number of benzene rings is 1. The summed E-state index contributed by atoms with van der Waals surface area (Å²) in [4.78, 5) is 25.9. The maximum atomic E-state index is 12.3. The van der Waals surface area contributed by atoms with Crippen molar-refractivity contribution in [3.63, 3.8) is 0 Å². The molecule has 1 aliphatic rings. The van der Waals surface area contributed by atoms with Gasteiger partial charge in [-0.1, -0.05) is 18.2 Å². The van der Waals surface area contributed by atoms with Gasteiger partial charge in [0.05, 0.1) is 18.1 Å². The van der Waals surface area contributed by atoms with Gasteiger partial charge < -0.3 is 9.30 Å². The van der Waals surface area contributed by atoms with E-state index >= 15 is 0 Å². The predicted octanol–water partition coefficient (Wildman–Crippen LogP) is 3.16. The quantitative estimate of drug-likeness (QED) is 0.791. The maximum absolute atomic E-state index is 12.3. The Morgan fingerprint density at radius 2 is 1.91 bits per heavy atom. The first-order valence-electron chi connectivity index (χ1n) is 7.18. The number of methoxy groups -OCH3 is 1.